The molecule has 3 aromatic rings. The van der Waals surface area contributed by atoms with Gasteiger partial charge >= 0.3 is 0 Å². The Morgan fingerprint density at radius 2 is 1.96 bits per heavy atom. The molecule has 0 saturated heterocycles. The average Bonchev–Trinajstić information content (AvgIpc) is 3.20. The zero-order valence-electron chi connectivity index (χ0n) is 14.8. The summed E-state index contributed by atoms with van der Waals surface area (Å²) in [6.07, 6.45) is 5.15. The van der Waals surface area contributed by atoms with E-state index in [-0.39, 0.29) is 11.3 Å². The third-order valence-electron chi connectivity index (χ3n) is 4.50. The zero-order chi connectivity index (χ0) is 17.8. The number of nitrogens with zero attached hydrogens (tertiary/aromatic N) is 6. The van der Waals surface area contributed by atoms with Crippen molar-refractivity contribution in [1.29, 1.82) is 0 Å². The Kier molecular flexibility index (Phi) is 3.35. The number of amides is 1. The van der Waals surface area contributed by atoms with Gasteiger partial charge in [0.05, 0.1) is 29.7 Å². The fraction of sp³-hybridized carbons (Fsp3) is 0.389. The van der Waals surface area contributed by atoms with Crippen molar-refractivity contribution in [1.82, 2.24) is 29.5 Å². The molecule has 0 saturated carbocycles. The van der Waals surface area contributed by atoms with E-state index in [0.29, 0.717) is 18.7 Å². The molecule has 1 aliphatic heterocycles. The summed E-state index contributed by atoms with van der Waals surface area (Å²) in [6.45, 7) is 9.16. The van der Waals surface area contributed by atoms with Crippen LogP contribution in [0.4, 0.5) is 0 Å². The highest BCUT2D eigenvalue weighted by Gasteiger charge is 2.29. The van der Waals surface area contributed by atoms with Crippen LogP contribution in [0.2, 0.25) is 0 Å². The molecule has 4 rings (SSSR count). The van der Waals surface area contributed by atoms with E-state index >= 15 is 0 Å². The Bertz CT molecular complexity index is 985. The second-order valence-corrected chi connectivity index (χ2v) is 7.44. The second-order valence-electron chi connectivity index (χ2n) is 7.44. The van der Waals surface area contributed by atoms with Crippen LogP contribution in [0.25, 0.3) is 5.65 Å². The van der Waals surface area contributed by atoms with Crippen LogP contribution in [0.1, 0.15) is 53.9 Å². The predicted molar refractivity (Wildman–Crippen MR) is 92.0 cm³/mol. The number of carbonyl (C=O) groups is 1. The summed E-state index contributed by atoms with van der Waals surface area (Å²) >= 11 is 0. The van der Waals surface area contributed by atoms with Crippen LogP contribution in [-0.2, 0) is 18.5 Å². The van der Waals surface area contributed by atoms with Crippen molar-refractivity contribution in [3.05, 3.63) is 53.0 Å². The largest absolute Gasteiger partial charge is 0.328 e. The van der Waals surface area contributed by atoms with Crippen LogP contribution in [0.15, 0.2) is 24.7 Å². The minimum absolute atomic E-state index is 0.0577. The molecule has 0 aromatic carbocycles. The van der Waals surface area contributed by atoms with Crippen LogP contribution in [0, 0.1) is 6.92 Å². The van der Waals surface area contributed by atoms with E-state index in [9.17, 15) is 4.79 Å². The summed E-state index contributed by atoms with van der Waals surface area (Å²) in [5.74, 6) is 0.745. The zero-order valence-corrected chi connectivity index (χ0v) is 14.8. The van der Waals surface area contributed by atoms with Crippen LogP contribution < -0.4 is 0 Å². The van der Waals surface area contributed by atoms with Gasteiger partial charge in [0.15, 0.2) is 5.65 Å². The molecule has 25 heavy (non-hydrogen) atoms. The standard InChI is InChI=1S/C18H20N6O/c1-11-13(8-19-15-5-6-21-24(11)15)16(25)23-9-12-7-20-17(18(2,3)4)22-14(12)10-23/h5-8H,9-10H2,1-4H3. The Morgan fingerprint density at radius 3 is 2.72 bits per heavy atom. The van der Waals surface area contributed by atoms with Crippen molar-refractivity contribution in [2.45, 2.75) is 46.2 Å². The first kappa shape index (κ1) is 15.7. The molecule has 0 spiro atoms. The molecule has 1 aliphatic rings. The molecular weight excluding hydrogens is 316 g/mol. The summed E-state index contributed by atoms with van der Waals surface area (Å²) in [6, 6.07) is 1.82. The summed E-state index contributed by atoms with van der Waals surface area (Å²) in [7, 11) is 0. The van der Waals surface area contributed by atoms with E-state index < -0.39 is 0 Å². The molecule has 0 N–H and O–H groups in total. The molecule has 1 amide bonds. The summed E-state index contributed by atoms with van der Waals surface area (Å²) in [4.78, 5) is 28.2. The molecule has 0 aliphatic carbocycles. The Labute approximate surface area is 145 Å². The Morgan fingerprint density at radius 1 is 1.16 bits per heavy atom. The van der Waals surface area contributed by atoms with Crippen molar-refractivity contribution in [3.8, 4) is 0 Å². The molecule has 3 aromatic heterocycles. The number of fused-ring (bicyclic) bond motifs is 2. The number of hydrogen-bond acceptors (Lipinski definition) is 5. The first-order valence-electron chi connectivity index (χ1n) is 8.28. The van der Waals surface area contributed by atoms with Gasteiger partial charge in [-0.2, -0.15) is 5.10 Å². The van der Waals surface area contributed by atoms with Crippen molar-refractivity contribution >= 4 is 11.6 Å². The predicted octanol–water partition coefficient (Wildman–Crippen LogP) is 2.28. The molecular formula is C18H20N6O. The highest BCUT2D eigenvalue weighted by atomic mass is 16.2. The molecule has 128 valence electrons. The second kappa shape index (κ2) is 5.34. The highest BCUT2D eigenvalue weighted by molar-refractivity contribution is 5.95. The Hall–Kier alpha value is -2.83. The number of rotatable bonds is 1. The fourth-order valence-corrected chi connectivity index (χ4v) is 3.03. The van der Waals surface area contributed by atoms with Crippen LogP contribution in [0.5, 0.6) is 0 Å². The SMILES string of the molecule is Cc1c(C(=O)N2Cc3cnc(C(C)(C)C)nc3C2)cnc2ccnn12. The first-order chi connectivity index (χ1) is 11.8. The first-order valence-corrected chi connectivity index (χ1v) is 8.28. The van der Waals surface area contributed by atoms with Gasteiger partial charge in [0, 0.05) is 36.0 Å². The van der Waals surface area contributed by atoms with Crippen molar-refractivity contribution < 1.29 is 4.79 Å². The van der Waals surface area contributed by atoms with Crippen molar-refractivity contribution in [2.24, 2.45) is 0 Å². The maximum atomic E-state index is 13.0. The molecule has 0 unspecified atom stereocenters. The lowest BCUT2D eigenvalue weighted by atomic mass is 9.95. The minimum atomic E-state index is -0.113. The lowest BCUT2D eigenvalue weighted by molar-refractivity contribution is 0.0748. The van der Waals surface area contributed by atoms with Gasteiger partial charge in [0.1, 0.15) is 5.82 Å². The summed E-state index contributed by atoms with van der Waals surface area (Å²) in [5, 5.41) is 4.23. The van der Waals surface area contributed by atoms with E-state index in [2.05, 4.69) is 40.8 Å². The minimum Gasteiger partial charge on any atom is -0.328 e. The number of carbonyl (C=O) groups excluding carboxylic acids is 1. The van der Waals surface area contributed by atoms with E-state index in [1.807, 2.05) is 19.2 Å². The van der Waals surface area contributed by atoms with Gasteiger partial charge < -0.3 is 4.90 Å². The monoisotopic (exact) mass is 336 g/mol. The van der Waals surface area contributed by atoms with E-state index in [4.69, 9.17) is 0 Å². The lowest BCUT2D eigenvalue weighted by Gasteiger charge is -2.17. The maximum Gasteiger partial charge on any atom is 0.257 e. The van der Waals surface area contributed by atoms with Gasteiger partial charge in [-0.15, -0.1) is 0 Å². The van der Waals surface area contributed by atoms with Crippen LogP contribution in [0.3, 0.4) is 0 Å². The van der Waals surface area contributed by atoms with E-state index in [1.54, 1.807) is 21.8 Å². The maximum absolute atomic E-state index is 13.0. The molecule has 0 fully saturated rings. The number of aromatic nitrogens is 5. The van der Waals surface area contributed by atoms with Crippen molar-refractivity contribution in [3.63, 3.8) is 0 Å². The van der Waals surface area contributed by atoms with Gasteiger partial charge in [0.25, 0.3) is 5.91 Å². The third kappa shape index (κ3) is 2.56. The van der Waals surface area contributed by atoms with Gasteiger partial charge in [-0.05, 0) is 6.92 Å². The number of hydrogen-bond donors (Lipinski definition) is 0. The van der Waals surface area contributed by atoms with Crippen LogP contribution in [-0.4, -0.2) is 35.4 Å². The third-order valence-corrected chi connectivity index (χ3v) is 4.50. The summed E-state index contributed by atoms with van der Waals surface area (Å²) < 4.78 is 1.69. The number of aryl methyl sites for hydroxylation is 1. The fourth-order valence-electron chi connectivity index (χ4n) is 3.03. The average molecular weight is 336 g/mol. The molecule has 0 bridgehead atoms. The quantitative estimate of drug-likeness (QED) is 0.681. The molecule has 4 heterocycles. The normalized spacial score (nSPS) is 14.2. The lowest BCUT2D eigenvalue weighted by Crippen LogP contribution is -2.27. The van der Waals surface area contributed by atoms with Gasteiger partial charge in [-0.1, -0.05) is 20.8 Å². The molecule has 7 nitrogen and oxygen atoms in total. The van der Waals surface area contributed by atoms with E-state index in [1.165, 1.54) is 0 Å². The topological polar surface area (TPSA) is 76.3 Å². The molecule has 7 heteroatoms. The van der Waals surface area contributed by atoms with Crippen molar-refractivity contribution in [2.75, 3.05) is 0 Å². The van der Waals surface area contributed by atoms with Gasteiger partial charge in [-0.25, -0.2) is 19.5 Å². The Balaban J connectivity index is 1.64. The van der Waals surface area contributed by atoms with E-state index in [0.717, 1.165) is 28.4 Å². The molecule has 0 radical (unpaired) electrons. The smallest absolute Gasteiger partial charge is 0.257 e. The highest BCUT2D eigenvalue weighted by Crippen LogP contribution is 2.26. The van der Waals surface area contributed by atoms with Crippen LogP contribution >= 0.6 is 0 Å². The molecule has 0 atom stereocenters. The summed E-state index contributed by atoms with van der Waals surface area (Å²) in [5.41, 5.74) is 3.91. The van der Waals surface area contributed by atoms with Gasteiger partial charge in [0.2, 0.25) is 0 Å². The van der Waals surface area contributed by atoms with Gasteiger partial charge in [-0.3, -0.25) is 4.79 Å².